The number of ether oxygens (including phenoxy) is 4. The third-order valence-electron chi connectivity index (χ3n) is 6.80. The van der Waals surface area contributed by atoms with E-state index >= 15 is 0 Å². The number of rotatable bonds is 5. The van der Waals surface area contributed by atoms with E-state index in [1.807, 2.05) is 34.6 Å². The number of halogens is 1. The van der Waals surface area contributed by atoms with Gasteiger partial charge in [0.05, 0.1) is 14.2 Å². The summed E-state index contributed by atoms with van der Waals surface area (Å²) in [6.07, 6.45) is 1.85. The Morgan fingerprint density at radius 3 is 1.48 bits per heavy atom. The third-order valence-corrected chi connectivity index (χ3v) is 6.80. The minimum atomic E-state index is -0.780. The van der Waals surface area contributed by atoms with Gasteiger partial charge in [-0.2, -0.15) is 0 Å². The molecular formula is C28H52AlBIN2O9. The smallest absolute Gasteiger partial charge is 0.146 e. The van der Waals surface area contributed by atoms with Crippen molar-refractivity contribution in [2.75, 3.05) is 14.2 Å². The Kier molecular flexibility index (Phi) is 18.3. The number of methoxy groups -OCH3 is 2. The van der Waals surface area contributed by atoms with Crippen LogP contribution >= 0.6 is 22.2 Å². The van der Waals surface area contributed by atoms with Crippen LogP contribution in [-0.4, -0.2) is 113 Å². The van der Waals surface area contributed by atoms with Crippen LogP contribution in [0.4, 0.5) is 9.59 Å². The number of aldehydes is 1. The summed E-state index contributed by atoms with van der Waals surface area (Å²) in [6, 6.07) is -1.51. The van der Waals surface area contributed by atoms with Crippen LogP contribution in [0.3, 0.4) is 0 Å². The number of esters is 2. The molecule has 2 aliphatic heterocycles. The maximum absolute atomic E-state index is 12.3. The Morgan fingerprint density at radius 1 is 0.857 bits per heavy atom. The van der Waals surface area contributed by atoms with Crippen LogP contribution in [0.15, 0.2) is 0 Å². The fourth-order valence-electron chi connectivity index (χ4n) is 5.15. The van der Waals surface area contributed by atoms with Gasteiger partial charge in [0.1, 0.15) is 46.9 Å². The maximum Gasteiger partial charge on any atom is 0.146 e. The molecule has 2 amide bonds. The van der Waals surface area contributed by atoms with Crippen molar-refractivity contribution in [1.29, 1.82) is 0.594 Å². The summed E-state index contributed by atoms with van der Waals surface area (Å²) >= 11 is -0.780. The number of nitrogens with zero attached hydrogens (tertiary/aromatic N) is 2. The minimum absolute atomic E-state index is 0. The normalized spacial score (nSPS) is 25.4. The van der Waals surface area contributed by atoms with Crippen LogP contribution in [0.1, 0.15) is 88.0 Å². The fraction of sp³-hybridized carbons (Fsp3) is 0.821. The summed E-state index contributed by atoms with van der Waals surface area (Å²) in [4.78, 5) is 62.0. The molecular weight excluding hydrogens is 673 g/mol. The first-order chi connectivity index (χ1) is 19.3. The fourth-order valence-corrected chi connectivity index (χ4v) is 5.15. The molecule has 0 spiro atoms. The van der Waals surface area contributed by atoms with Gasteiger partial charge < -0.3 is 23.7 Å². The van der Waals surface area contributed by atoms with E-state index in [1.54, 1.807) is 25.7 Å². The van der Waals surface area contributed by atoms with Gasteiger partial charge in [0.2, 0.25) is 0 Å². The zero-order chi connectivity index (χ0) is 33.0. The van der Waals surface area contributed by atoms with Crippen molar-refractivity contribution >= 4 is 75.7 Å². The molecule has 0 aromatic carbocycles. The minimum Gasteiger partial charge on any atom is 0.146 e. The number of likely N-dealkylation sites (tertiary alicyclic amines) is 2. The van der Waals surface area contributed by atoms with Crippen molar-refractivity contribution in [3.05, 3.63) is 0 Å². The average Bonchev–Trinajstić information content (AvgIpc) is 3.38. The third kappa shape index (κ3) is 12.6. The molecule has 2 heterocycles. The zero-order valence-corrected chi connectivity index (χ0v) is 31.8. The monoisotopic (exact) mass is 726 g/mol. The molecule has 2 saturated heterocycles. The Balaban J connectivity index is 0. The quantitative estimate of drug-likeness (QED) is 0.138. The average molecular weight is 726 g/mol. The van der Waals surface area contributed by atoms with Crippen molar-refractivity contribution < 1.29 is 42.9 Å². The van der Waals surface area contributed by atoms with Gasteiger partial charge in [-0.05, 0) is 72.6 Å². The topological polar surface area (TPSA) is 129 Å². The first-order valence-corrected chi connectivity index (χ1v) is 15.1. The van der Waals surface area contributed by atoms with E-state index in [9.17, 15) is 24.0 Å². The first kappa shape index (κ1) is 40.5. The number of hydrogen-bond donors (Lipinski definition) is 0. The van der Waals surface area contributed by atoms with Crippen molar-refractivity contribution in [3.63, 3.8) is 0 Å². The molecule has 241 valence electrons. The second-order valence-electron chi connectivity index (χ2n) is 12.2. The van der Waals surface area contributed by atoms with Gasteiger partial charge in [0.15, 0.2) is 0 Å². The van der Waals surface area contributed by atoms with Crippen molar-refractivity contribution in [3.8, 4) is 0 Å². The van der Waals surface area contributed by atoms with Crippen LogP contribution in [0.25, 0.3) is 0 Å². The van der Waals surface area contributed by atoms with E-state index in [4.69, 9.17) is 19.5 Å². The summed E-state index contributed by atoms with van der Waals surface area (Å²) in [6.45, 7) is 16.7. The molecule has 2 aliphatic rings. The van der Waals surface area contributed by atoms with E-state index in [0.717, 1.165) is 12.7 Å². The molecule has 2 fully saturated rings. The molecule has 0 N–H and O–H groups in total. The second-order valence-corrected chi connectivity index (χ2v) is 12.2. The van der Waals surface area contributed by atoms with Gasteiger partial charge in [-0.15, -0.1) is 0 Å². The SMILES string of the molecule is CC[C@@H]1[C@H](C)C[C@@H](C(=O)OC)N1C(=O)OC(C)(C)C.COC(=O)[C@@H]1C[C@@H](C)[C@@H](CC=O)N1C(=O)OC(C)(C)C.[2H][IH][B].[AlH2]. The van der Waals surface area contributed by atoms with E-state index < -0.39 is 63.6 Å². The van der Waals surface area contributed by atoms with Gasteiger partial charge in [-0.1, -0.05) is 20.8 Å². The largest absolute Gasteiger partial charge is 0.146 e. The van der Waals surface area contributed by atoms with Crippen LogP contribution in [-0.2, 0) is 33.3 Å². The Bertz CT molecular complexity index is 920. The van der Waals surface area contributed by atoms with Gasteiger partial charge in [0, 0.05) is 18.5 Å². The molecule has 6 atom stereocenters. The molecule has 14 heteroatoms. The molecule has 0 aromatic rings. The molecule has 0 unspecified atom stereocenters. The van der Waals surface area contributed by atoms with E-state index in [2.05, 4.69) is 12.6 Å². The Labute approximate surface area is 277 Å². The van der Waals surface area contributed by atoms with Crippen LogP contribution < -0.4 is 0 Å². The van der Waals surface area contributed by atoms with Gasteiger partial charge in [-0.25, -0.2) is 19.2 Å². The zero-order valence-electron chi connectivity index (χ0n) is 28.4. The van der Waals surface area contributed by atoms with Crippen molar-refractivity contribution in [2.24, 2.45) is 11.8 Å². The summed E-state index contributed by atoms with van der Waals surface area (Å²) in [5.41, 5.74) is 3.42. The molecule has 0 saturated carbocycles. The number of amides is 2. The molecule has 0 aliphatic carbocycles. The van der Waals surface area contributed by atoms with Gasteiger partial charge in [-0.3, -0.25) is 9.80 Å². The Hall–Kier alpha value is -1.52. The van der Waals surface area contributed by atoms with E-state index in [-0.39, 0.29) is 53.7 Å². The molecule has 3 radical (unpaired) electrons. The van der Waals surface area contributed by atoms with Crippen LogP contribution in [0.5, 0.6) is 0 Å². The molecule has 42 heavy (non-hydrogen) atoms. The molecule has 0 aromatic heterocycles. The first-order valence-electron chi connectivity index (χ1n) is 14.2. The molecule has 2 rings (SSSR count). The predicted molar refractivity (Wildman–Crippen MR) is 175 cm³/mol. The van der Waals surface area contributed by atoms with E-state index in [1.165, 1.54) is 19.1 Å². The summed E-state index contributed by atoms with van der Waals surface area (Å²) < 4.78 is 26.4. The predicted octanol–water partition coefficient (Wildman–Crippen LogP) is 3.40. The second kappa shape index (κ2) is 19.0. The van der Waals surface area contributed by atoms with Gasteiger partial charge >= 0.3 is 52.6 Å². The molecule has 0 bridgehead atoms. The molecule has 11 nitrogen and oxygen atoms in total. The number of carbonyl (C=O) groups excluding carboxylic acids is 5. The summed E-state index contributed by atoms with van der Waals surface area (Å²) in [5.74, 6) is -0.539. The summed E-state index contributed by atoms with van der Waals surface area (Å²) in [5, 5.41) is 0. The number of hydrogen-bond acceptors (Lipinski definition) is 9. The van der Waals surface area contributed by atoms with Crippen molar-refractivity contribution in [2.45, 2.75) is 123 Å². The van der Waals surface area contributed by atoms with Gasteiger partial charge in [0.25, 0.3) is 0 Å². The van der Waals surface area contributed by atoms with Crippen LogP contribution in [0.2, 0.25) is 0 Å². The maximum atomic E-state index is 12.3. The number of carbonyl (C=O) groups is 5. The van der Waals surface area contributed by atoms with Crippen LogP contribution in [0, 0.1) is 11.8 Å². The van der Waals surface area contributed by atoms with E-state index in [0.29, 0.717) is 12.8 Å². The Morgan fingerprint density at radius 2 is 1.19 bits per heavy atom. The van der Waals surface area contributed by atoms with Crippen molar-refractivity contribution in [1.82, 2.24) is 9.80 Å². The standard InChI is InChI=1S/C14H23NO5.C14H25NO4.Al.BH2I.2H/c1-9-8-11(12(17)19-5)15(10(9)6-7-16)13(18)20-14(2,3)4;1-7-10-9(2)8-11(12(16)18-6)15(10)13(17)19-14(3,4)5;;1-2;;/h7,9-11H,6,8H2,1-5H3;9-11H,7-8H2,1-6H3;;2H2;;/t2*9-,10-,11+;;;;/m11..../s1/i;;;2D;;. The summed E-state index contributed by atoms with van der Waals surface area (Å²) in [7, 11) is 2.63.